The maximum Gasteiger partial charge on any atom is 0.343 e. The van der Waals surface area contributed by atoms with Crippen LogP contribution < -0.4 is 0 Å². The molecule has 6 heteroatoms. The van der Waals surface area contributed by atoms with E-state index in [1.807, 2.05) is 0 Å². The molecule has 1 atom stereocenters. The number of rotatable bonds is 3. The molecule has 17 heavy (non-hydrogen) atoms. The van der Waals surface area contributed by atoms with Crippen molar-refractivity contribution in [3.05, 3.63) is 47.6 Å². The van der Waals surface area contributed by atoms with Crippen molar-refractivity contribution in [3.63, 3.8) is 0 Å². The fourth-order valence-electron chi connectivity index (χ4n) is 1.40. The van der Waals surface area contributed by atoms with Crippen molar-refractivity contribution in [3.8, 4) is 0 Å². The van der Waals surface area contributed by atoms with Crippen LogP contribution in [0, 0.1) is 0 Å². The normalized spacial score (nSPS) is 12.1. The van der Waals surface area contributed by atoms with E-state index in [1.165, 1.54) is 13.3 Å². The van der Waals surface area contributed by atoms with Gasteiger partial charge in [-0.05, 0) is 6.07 Å². The lowest BCUT2D eigenvalue weighted by Crippen LogP contribution is -2.09. The van der Waals surface area contributed by atoms with Crippen LogP contribution in [0.15, 0.2) is 35.3 Å². The molecule has 1 N–H and O–H groups in total. The molecule has 0 unspecified atom stereocenters. The summed E-state index contributed by atoms with van der Waals surface area (Å²) in [5.41, 5.74) is 0.736. The van der Waals surface area contributed by atoms with Crippen molar-refractivity contribution >= 4 is 5.97 Å². The Kier molecular flexibility index (Phi) is 3.15. The summed E-state index contributed by atoms with van der Waals surface area (Å²) >= 11 is 0. The Morgan fingerprint density at radius 1 is 1.59 bits per heavy atom. The second kappa shape index (κ2) is 4.75. The molecule has 0 aliphatic rings. The summed E-state index contributed by atoms with van der Waals surface area (Å²) in [5.74, 6) is -0.607. The highest BCUT2D eigenvalue weighted by molar-refractivity contribution is 5.90. The number of esters is 1. The molecule has 0 aliphatic heterocycles. The summed E-state index contributed by atoms with van der Waals surface area (Å²) < 4.78 is 9.24. The molecule has 0 saturated heterocycles. The Bertz CT molecular complexity index is 509. The van der Waals surface area contributed by atoms with Crippen LogP contribution in [0.3, 0.4) is 0 Å². The van der Waals surface area contributed by atoms with E-state index >= 15 is 0 Å². The number of hydrogen-bond acceptors (Lipinski definition) is 6. The van der Waals surface area contributed by atoms with Gasteiger partial charge in [0.2, 0.25) is 0 Å². The van der Waals surface area contributed by atoms with E-state index in [0.717, 1.165) is 6.26 Å². The third-order valence-corrected chi connectivity index (χ3v) is 2.26. The summed E-state index contributed by atoms with van der Waals surface area (Å²) in [6.07, 6.45) is 3.14. The van der Waals surface area contributed by atoms with Gasteiger partial charge in [-0.25, -0.2) is 4.79 Å². The second-order valence-electron chi connectivity index (χ2n) is 3.29. The summed E-state index contributed by atoms with van der Waals surface area (Å²) in [7, 11) is 1.25. The molecule has 0 aromatic carbocycles. The molecule has 6 nitrogen and oxygen atoms in total. The number of nitrogens with zero attached hydrogens (tertiary/aromatic N) is 2. The predicted molar refractivity (Wildman–Crippen MR) is 56.1 cm³/mol. The highest BCUT2D eigenvalue weighted by atomic mass is 16.5. The Hall–Kier alpha value is -2.21. The van der Waals surface area contributed by atoms with E-state index in [0.29, 0.717) is 5.56 Å². The van der Waals surface area contributed by atoms with Crippen molar-refractivity contribution < 1.29 is 19.2 Å². The quantitative estimate of drug-likeness (QED) is 0.795. The van der Waals surface area contributed by atoms with Crippen molar-refractivity contribution in [2.24, 2.45) is 0 Å². The Morgan fingerprint density at radius 2 is 2.41 bits per heavy atom. The molecule has 2 rings (SSSR count). The van der Waals surface area contributed by atoms with Gasteiger partial charge in [-0.3, -0.25) is 4.98 Å². The number of ether oxygens (including phenoxy) is 1. The lowest BCUT2D eigenvalue weighted by Gasteiger charge is -2.07. The average Bonchev–Trinajstić information content (AvgIpc) is 2.87. The summed E-state index contributed by atoms with van der Waals surface area (Å²) in [4.78, 5) is 15.3. The number of aliphatic hydroxyl groups excluding tert-OH is 1. The summed E-state index contributed by atoms with van der Waals surface area (Å²) in [6, 6.07) is 3.35. The van der Waals surface area contributed by atoms with Crippen LogP contribution >= 0.6 is 0 Å². The number of hydrogen-bond donors (Lipinski definition) is 1. The fourth-order valence-corrected chi connectivity index (χ4v) is 1.40. The first-order chi connectivity index (χ1) is 8.24. The number of carbonyl (C=O) groups is 1. The van der Waals surface area contributed by atoms with Crippen LogP contribution in [0.25, 0.3) is 0 Å². The summed E-state index contributed by atoms with van der Waals surface area (Å²) in [6.45, 7) is 0. The zero-order valence-electron chi connectivity index (χ0n) is 9.03. The minimum absolute atomic E-state index is 0.101. The van der Waals surface area contributed by atoms with Gasteiger partial charge in [0.05, 0.1) is 7.11 Å². The van der Waals surface area contributed by atoms with E-state index in [9.17, 15) is 9.90 Å². The molecule has 0 radical (unpaired) electrons. The molecule has 0 fully saturated rings. The smallest absolute Gasteiger partial charge is 0.343 e. The number of carbonyl (C=O) groups excluding carboxylic acids is 1. The Morgan fingerprint density at radius 3 is 3.06 bits per heavy atom. The van der Waals surface area contributed by atoms with Gasteiger partial charge in [0, 0.05) is 18.0 Å². The maximum absolute atomic E-state index is 11.4. The van der Waals surface area contributed by atoms with Crippen LogP contribution in [0.5, 0.6) is 0 Å². The Labute approximate surface area is 96.8 Å². The SMILES string of the molecule is COC(=O)c1conc1[C@H](O)c1cccnc1. The standard InChI is InChI=1S/C11H10N2O4/c1-16-11(15)8-6-17-13-9(8)10(14)7-3-2-4-12-5-7/h2-6,10,14H,1H3/t10-/m1/s1. The third kappa shape index (κ3) is 2.16. The van der Waals surface area contributed by atoms with Crippen LogP contribution in [-0.4, -0.2) is 28.3 Å². The van der Waals surface area contributed by atoms with Gasteiger partial charge in [0.25, 0.3) is 0 Å². The number of pyridine rings is 1. The molecule has 0 amide bonds. The molecule has 2 aromatic heterocycles. The Balaban J connectivity index is 2.35. The topological polar surface area (TPSA) is 85.5 Å². The molecular formula is C11H10N2O4. The van der Waals surface area contributed by atoms with Gasteiger partial charge < -0.3 is 14.4 Å². The minimum Gasteiger partial charge on any atom is -0.465 e. The first-order valence-corrected chi connectivity index (χ1v) is 4.84. The van der Waals surface area contributed by atoms with Crippen molar-refractivity contribution in [2.45, 2.75) is 6.10 Å². The molecule has 0 bridgehead atoms. The third-order valence-electron chi connectivity index (χ3n) is 2.26. The molecule has 2 aromatic rings. The van der Waals surface area contributed by atoms with Crippen LogP contribution in [0.1, 0.15) is 27.7 Å². The molecule has 2 heterocycles. The van der Waals surface area contributed by atoms with E-state index in [1.54, 1.807) is 18.3 Å². The van der Waals surface area contributed by atoms with Crippen molar-refractivity contribution in [1.82, 2.24) is 10.1 Å². The number of aromatic nitrogens is 2. The lowest BCUT2D eigenvalue weighted by atomic mass is 10.1. The van der Waals surface area contributed by atoms with Gasteiger partial charge in [-0.2, -0.15) is 0 Å². The van der Waals surface area contributed by atoms with E-state index < -0.39 is 12.1 Å². The van der Waals surface area contributed by atoms with Crippen molar-refractivity contribution in [1.29, 1.82) is 0 Å². The summed E-state index contributed by atoms with van der Waals surface area (Å²) in [5, 5.41) is 13.6. The maximum atomic E-state index is 11.4. The van der Waals surface area contributed by atoms with Crippen LogP contribution in [-0.2, 0) is 4.74 Å². The lowest BCUT2D eigenvalue weighted by molar-refractivity contribution is 0.0595. The zero-order valence-corrected chi connectivity index (χ0v) is 9.03. The zero-order chi connectivity index (χ0) is 12.3. The average molecular weight is 234 g/mol. The first-order valence-electron chi connectivity index (χ1n) is 4.84. The largest absolute Gasteiger partial charge is 0.465 e. The molecular weight excluding hydrogens is 224 g/mol. The van der Waals surface area contributed by atoms with Gasteiger partial charge in [-0.1, -0.05) is 11.2 Å². The molecule has 0 saturated carbocycles. The highest BCUT2D eigenvalue weighted by Gasteiger charge is 2.23. The van der Waals surface area contributed by atoms with E-state index in [2.05, 4.69) is 19.4 Å². The predicted octanol–water partition coefficient (Wildman–Crippen LogP) is 0.938. The fraction of sp³-hybridized carbons (Fsp3) is 0.182. The van der Waals surface area contributed by atoms with Crippen LogP contribution in [0.4, 0.5) is 0 Å². The second-order valence-corrected chi connectivity index (χ2v) is 3.29. The van der Waals surface area contributed by atoms with Gasteiger partial charge >= 0.3 is 5.97 Å². The van der Waals surface area contributed by atoms with Crippen LogP contribution in [0.2, 0.25) is 0 Å². The van der Waals surface area contributed by atoms with Gasteiger partial charge in [0.1, 0.15) is 23.6 Å². The molecule has 88 valence electrons. The van der Waals surface area contributed by atoms with E-state index in [-0.39, 0.29) is 11.3 Å². The van der Waals surface area contributed by atoms with Gasteiger partial charge in [-0.15, -0.1) is 0 Å². The molecule has 0 spiro atoms. The number of aliphatic hydroxyl groups is 1. The highest BCUT2D eigenvalue weighted by Crippen LogP contribution is 2.23. The van der Waals surface area contributed by atoms with E-state index in [4.69, 9.17) is 0 Å². The van der Waals surface area contributed by atoms with Gasteiger partial charge in [0.15, 0.2) is 0 Å². The minimum atomic E-state index is -1.07. The molecule has 0 aliphatic carbocycles. The number of methoxy groups -OCH3 is 1. The monoisotopic (exact) mass is 234 g/mol. The van der Waals surface area contributed by atoms with Crippen molar-refractivity contribution in [2.75, 3.05) is 7.11 Å². The first kappa shape index (κ1) is 11.3.